The van der Waals surface area contributed by atoms with Crippen LogP contribution in [-0.4, -0.2) is 44.6 Å². The van der Waals surface area contributed by atoms with Gasteiger partial charge in [0, 0.05) is 23.5 Å². The lowest BCUT2D eigenvalue weighted by atomic mass is 9.81. The summed E-state index contributed by atoms with van der Waals surface area (Å²) in [6.45, 7) is 3.58. The second kappa shape index (κ2) is 12.1. The first kappa shape index (κ1) is 28.4. The maximum absolute atomic E-state index is 14.0. The van der Waals surface area contributed by atoms with Crippen LogP contribution in [0.2, 0.25) is 5.02 Å². The molecular formula is C30H30ClFN6O3. The van der Waals surface area contributed by atoms with E-state index in [0.29, 0.717) is 29.9 Å². The quantitative estimate of drug-likeness (QED) is 0.245. The highest BCUT2D eigenvalue weighted by Crippen LogP contribution is 2.39. The fourth-order valence-electron chi connectivity index (χ4n) is 5.49. The van der Waals surface area contributed by atoms with Crippen molar-refractivity contribution in [2.75, 3.05) is 5.32 Å². The van der Waals surface area contributed by atoms with Gasteiger partial charge in [0.05, 0.1) is 16.9 Å². The van der Waals surface area contributed by atoms with E-state index < -0.39 is 29.6 Å². The van der Waals surface area contributed by atoms with Crippen molar-refractivity contribution in [2.24, 2.45) is 16.8 Å². The number of carbonyl (C=O) groups is 3. The Balaban J connectivity index is 1.50. The van der Waals surface area contributed by atoms with Crippen molar-refractivity contribution in [1.82, 2.24) is 20.2 Å². The molecular weight excluding hydrogens is 547 g/mol. The van der Waals surface area contributed by atoms with Crippen LogP contribution in [0, 0.1) is 31.5 Å². The Morgan fingerprint density at radius 1 is 1.02 bits per heavy atom. The average Bonchev–Trinajstić information content (AvgIpc) is 3.19. The molecule has 3 aromatic rings. The van der Waals surface area contributed by atoms with Gasteiger partial charge in [0.1, 0.15) is 11.9 Å². The first-order chi connectivity index (χ1) is 19.7. The van der Waals surface area contributed by atoms with Crippen molar-refractivity contribution >= 4 is 46.9 Å². The molecule has 1 saturated carbocycles. The Bertz CT molecular complexity index is 1470. The van der Waals surface area contributed by atoms with Gasteiger partial charge in [-0.1, -0.05) is 54.8 Å². The highest BCUT2D eigenvalue weighted by molar-refractivity contribution is 6.31. The van der Waals surface area contributed by atoms with Gasteiger partial charge in [-0.3, -0.25) is 24.6 Å². The molecule has 2 aliphatic rings. The van der Waals surface area contributed by atoms with E-state index in [0.717, 1.165) is 23.3 Å². The number of nitrogens with one attached hydrogen (secondary N) is 2. The molecule has 1 saturated heterocycles. The van der Waals surface area contributed by atoms with Crippen molar-refractivity contribution in [1.29, 1.82) is 0 Å². The minimum Gasteiger partial charge on any atom is -0.326 e. The lowest BCUT2D eigenvalue weighted by molar-refractivity contribution is -0.147. The lowest BCUT2D eigenvalue weighted by Gasteiger charge is -2.26. The van der Waals surface area contributed by atoms with E-state index in [-0.39, 0.29) is 35.2 Å². The SMILES string of the molecule is Cc1cc(C)nc(N=C(NC(=O)[C@H](Cc2ccccc2)N2C(=O)[C@@H]3CCCC[C@H]3C2=O)Nc2ccc(F)c(Cl)c2)n1. The summed E-state index contributed by atoms with van der Waals surface area (Å²) < 4.78 is 13.8. The molecule has 1 aliphatic heterocycles. The van der Waals surface area contributed by atoms with Crippen molar-refractivity contribution in [2.45, 2.75) is 52.0 Å². The molecule has 212 valence electrons. The summed E-state index contributed by atoms with van der Waals surface area (Å²) in [4.78, 5) is 55.2. The van der Waals surface area contributed by atoms with E-state index in [1.807, 2.05) is 30.3 Å². The minimum absolute atomic E-state index is 0.0720. The number of halogens is 2. The predicted octanol–water partition coefficient (Wildman–Crippen LogP) is 4.89. The summed E-state index contributed by atoms with van der Waals surface area (Å²) in [6, 6.07) is 13.8. The molecule has 5 rings (SSSR count). The van der Waals surface area contributed by atoms with Crippen molar-refractivity contribution in [3.8, 4) is 0 Å². The number of hydrogen-bond donors (Lipinski definition) is 2. The third-order valence-electron chi connectivity index (χ3n) is 7.37. The number of hydrogen-bond acceptors (Lipinski definition) is 6. The first-order valence-electron chi connectivity index (χ1n) is 13.5. The number of guanidine groups is 1. The zero-order chi connectivity index (χ0) is 29.1. The van der Waals surface area contributed by atoms with Crippen LogP contribution in [0.15, 0.2) is 59.6 Å². The molecule has 2 aromatic carbocycles. The van der Waals surface area contributed by atoms with E-state index in [9.17, 15) is 18.8 Å². The molecule has 0 unspecified atom stereocenters. The van der Waals surface area contributed by atoms with Crippen LogP contribution in [0.3, 0.4) is 0 Å². The monoisotopic (exact) mass is 576 g/mol. The minimum atomic E-state index is -1.12. The van der Waals surface area contributed by atoms with Gasteiger partial charge in [-0.05, 0) is 56.5 Å². The molecule has 11 heteroatoms. The molecule has 2 heterocycles. The predicted molar refractivity (Wildman–Crippen MR) is 153 cm³/mol. The normalized spacial score (nSPS) is 19.6. The van der Waals surface area contributed by atoms with Crippen LogP contribution in [0.25, 0.3) is 0 Å². The molecule has 2 fully saturated rings. The molecule has 3 amide bonds. The number of aliphatic imine (C=N–C) groups is 1. The van der Waals surface area contributed by atoms with E-state index in [4.69, 9.17) is 11.6 Å². The third-order valence-corrected chi connectivity index (χ3v) is 7.66. The number of aryl methyl sites for hydroxylation is 2. The number of amides is 3. The Morgan fingerprint density at radius 2 is 1.66 bits per heavy atom. The largest absolute Gasteiger partial charge is 0.326 e. The third kappa shape index (κ3) is 6.43. The Hall–Kier alpha value is -4.18. The maximum atomic E-state index is 14.0. The second-order valence-electron chi connectivity index (χ2n) is 10.4. The fraction of sp³-hybridized carbons (Fsp3) is 0.333. The number of aromatic nitrogens is 2. The number of nitrogens with zero attached hydrogens (tertiary/aromatic N) is 4. The molecule has 0 bridgehead atoms. The number of carbonyl (C=O) groups excluding carboxylic acids is 3. The van der Waals surface area contributed by atoms with E-state index in [1.54, 1.807) is 19.9 Å². The highest BCUT2D eigenvalue weighted by atomic mass is 35.5. The van der Waals surface area contributed by atoms with Gasteiger partial charge in [-0.15, -0.1) is 0 Å². The van der Waals surface area contributed by atoms with E-state index in [2.05, 4.69) is 25.6 Å². The molecule has 2 N–H and O–H groups in total. The second-order valence-corrected chi connectivity index (χ2v) is 10.8. The standard InChI is InChI=1S/C30H30ClFN6O3/c1-17-14-18(2)34-29(33-17)37-30(35-20-12-13-24(32)23(31)16-20)36-26(39)25(15-19-8-4-3-5-9-19)38-27(40)21-10-6-7-11-22(21)28(38)41/h3-5,8-9,12-14,16,21-22,25H,6-7,10-11,15H2,1-2H3,(H2,33,34,35,36,37,39)/t21-,22-,25+/m1/s1. The molecule has 0 radical (unpaired) electrons. The van der Waals surface area contributed by atoms with Gasteiger partial charge in [0.2, 0.25) is 23.7 Å². The van der Waals surface area contributed by atoms with Crippen LogP contribution < -0.4 is 10.6 Å². The maximum Gasteiger partial charge on any atom is 0.253 e. The van der Waals surface area contributed by atoms with Gasteiger partial charge in [-0.25, -0.2) is 14.4 Å². The molecule has 0 spiro atoms. The summed E-state index contributed by atoms with van der Waals surface area (Å²) in [7, 11) is 0. The average molecular weight is 577 g/mol. The Morgan fingerprint density at radius 3 is 2.27 bits per heavy atom. The van der Waals surface area contributed by atoms with Gasteiger partial charge in [0.25, 0.3) is 5.95 Å². The van der Waals surface area contributed by atoms with Gasteiger partial charge in [0.15, 0.2) is 0 Å². The van der Waals surface area contributed by atoms with Crippen LogP contribution in [0.1, 0.15) is 42.6 Å². The summed E-state index contributed by atoms with van der Waals surface area (Å²) >= 11 is 5.97. The molecule has 1 aliphatic carbocycles. The Kier molecular flexibility index (Phi) is 8.39. The summed E-state index contributed by atoms with van der Waals surface area (Å²) in [5.41, 5.74) is 2.48. The first-order valence-corrected chi connectivity index (χ1v) is 13.9. The summed E-state index contributed by atoms with van der Waals surface area (Å²) in [5, 5.41) is 5.57. The number of imide groups is 1. The van der Waals surface area contributed by atoms with Crippen LogP contribution in [-0.2, 0) is 20.8 Å². The number of fused-ring (bicyclic) bond motifs is 1. The van der Waals surface area contributed by atoms with E-state index >= 15 is 0 Å². The number of anilines is 1. The summed E-state index contributed by atoms with van der Waals surface area (Å²) in [5.74, 6) is -2.65. The topological polar surface area (TPSA) is 117 Å². The smallest absolute Gasteiger partial charge is 0.253 e. The number of rotatable bonds is 6. The van der Waals surface area contributed by atoms with Crippen molar-refractivity contribution in [3.63, 3.8) is 0 Å². The van der Waals surface area contributed by atoms with Gasteiger partial charge < -0.3 is 5.32 Å². The zero-order valence-electron chi connectivity index (χ0n) is 22.7. The number of benzene rings is 2. The Labute approximate surface area is 242 Å². The molecule has 3 atom stereocenters. The van der Waals surface area contributed by atoms with E-state index in [1.165, 1.54) is 18.2 Å². The fourth-order valence-corrected chi connectivity index (χ4v) is 5.67. The highest BCUT2D eigenvalue weighted by Gasteiger charge is 2.51. The number of likely N-dealkylation sites (tertiary alicyclic amines) is 1. The zero-order valence-corrected chi connectivity index (χ0v) is 23.5. The van der Waals surface area contributed by atoms with Crippen LogP contribution in [0.5, 0.6) is 0 Å². The molecule has 1 aromatic heterocycles. The van der Waals surface area contributed by atoms with Gasteiger partial charge in [-0.2, -0.15) is 4.99 Å². The van der Waals surface area contributed by atoms with Gasteiger partial charge >= 0.3 is 0 Å². The van der Waals surface area contributed by atoms with Crippen molar-refractivity contribution < 1.29 is 18.8 Å². The van der Waals surface area contributed by atoms with Crippen LogP contribution >= 0.6 is 11.6 Å². The molecule has 41 heavy (non-hydrogen) atoms. The molecule has 9 nitrogen and oxygen atoms in total. The summed E-state index contributed by atoms with van der Waals surface area (Å²) in [6.07, 6.45) is 3.14. The van der Waals surface area contributed by atoms with Crippen LogP contribution in [0.4, 0.5) is 16.0 Å². The lowest BCUT2D eigenvalue weighted by Crippen LogP contribution is -2.53. The van der Waals surface area contributed by atoms with Crippen molar-refractivity contribution in [3.05, 3.63) is 82.4 Å².